The van der Waals surface area contributed by atoms with E-state index in [9.17, 15) is 4.79 Å². The molecule has 0 aliphatic carbocycles. The SMILES string of the molecule is COc1ccc(C=CC(=O)NC(=S)Nc2cc(-c3nc4ccccc4s3)ccc2C)cc1. The number of nitrogens with zero attached hydrogens (tertiary/aromatic N) is 1. The number of nitrogens with one attached hydrogen (secondary N) is 2. The first kappa shape index (κ1) is 21.7. The first-order valence-corrected chi connectivity index (χ1v) is 11.1. The third kappa shape index (κ3) is 5.19. The van der Waals surface area contributed by atoms with Crippen molar-refractivity contribution in [2.24, 2.45) is 0 Å². The lowest BCUT2D eigenvalue weighted by atomic mass is 10.1. The van der Waals surface area contributed by atoms with Crippen LogP contribution >= 0.6 is 23.6 Å². The van der Waals surface area contributed by atoms with Crippen molar-refractivity contribution < 1.29 is 9.53 Å². The summed E-state index contributed by atoms with van der Waals surface area (Å²) in [5.41, 5.74) is 4.70. The third-order valence-corrected chi connectivity index (χ3v) is 6.10. The maximum atomic E-state index is 12.3. The van der Waals surface area contributed by atoms with E-state index in [0.29, 0.717) is 0 Å². The summed E-state index contributed by atoms with van der Waals surface area (Å²) in [5, 5.41) is 6.98. The van der Waals surface area contributed by atoms with Crippen LogP contribution in [0.15, 0.2) is 72.8 Å². The summed E-state index contributed by atoms with van der Waals surface area (Å²) in [6.45, 7) is 1.98. The lowest BCUT2D eigenvalue weighted by Crippen LogP contribution is -2.33. The minimum absolute atomic E-state index is 0.235. The van der Waals surface area contributed by atoms with E-state index < -0.39 is 0 Å². The van der Waals surface area contributed by atoms with Crippen molar-refractivity contribution in [1.82, 2.24) is 10.3 Å². The second kappa shape index (κ2) is 9.72. The summed E-state index contributed by atoms with van der Waals surface area (Å²) >= 11 is 6.98. The number of carbonyl (C=O) groups excluding carboxylic acids is 1. The maximum absolute atomic E-state index is 12.3. The van der Waals surface area contributed by atoms with Gasteiger partial charge in [0, 0.05) is 17.3 Å². The van der Waals surface area contributed by atoms with Crippen molar-refractivity contribution in [3.63, 3.8) is 0 Å². The minimum Gasteiger partial charge on any atom is -0.497 e. The molecule has 0 radical (unpaired) electrons. The van der Waals surface area contributed by atoms with Gasteiger partial charge in [0.05, 0.1) is 17.3 Å². The summed E-state index contributed by atoms with van der Waals surface area (Å²) in [5.74, 6) is 0.457. The van der Waals surface area contributed by atoms with Crippen LogP contribution in [-0.4, -0.2) is 23.1 Å². The largest absolute Gasteiger partial charge is 0.497 e. The molecule has 0 aliphatic rings. The van der Waals surface area contributed by atoms with Crippen molar-refractivity contribution in [3.05, 3.63) is 83.9 Å². The number of amides is 1. The summed E-state index contributed by atoms with van der Waals surface area (Å²) in [4.78, 5) is 17.0. The first-order chi connectivity index (χ1) is 15.5. The predicted octanol–water partition coefficient (Wildman–Crippen LogP) is 5.81. The number of hydrogen-bond acceptors (Lipinski definition) is 5. The molecule has 0 fully saturated rings. The molecule has 0 atom stereocenters. The van der Waals surface area contributed by atoms with Gasteiger partial charge >= 0.3 is 0 Å². The van der Waals surface area contributed by atoms with Gasteiger partial charge < -0.3 is 10.1 Å². The standard InChI is InChI=1S/C25H21N3O2S2/c1-16-7-11-18(24-26-20-5-3-4-6-22(20)32-24)15-21(16)27-25(31)28-23(29)14-10-17-8-12-19(30-2)13-9-17/h3-15H,1-2H3,(H2,27,28,29,31). The van der Waals surface area contributed by atoms with Crippen molar-refractivity contribution in [2.45, 2.75) is 6.92 Å². The molecule has 3 aromatic carbocycles. The van der Waals surface area contributed by atoms with Crippen molar-refractivity contribution >= 4 is 56.6 Å². The highest BCUT2D eigenvalue weighted by Gasteiger charge is 2.10. The number of carbonyl (C=O) groups is 1. The number of rotatable bonds is 5. The molecule has 0 spiro atoms. The minimum atomic E-state index is -0.307. The van der Waals surface area contributed by atoms with Crippen LogP contribution in [0.2, 0.25) is 0 Å². The Bertz CT molecular complexity index is 1280. The number of methoxy groups -OCH3 is 1. The Labute approximate surface area is 195 Å². The third-order valence-electron chi connectivity index (χ3n) is 4.81. The molecule has 4 aromatic rings. The number of aryl methyl sites for hydroxylation is 1. The Hall–Kier alpha value is -3.55. The van der Waals surface area contributed by atoms with Gasteiger partial charge in [0.2, 0.25) is 5.91 Å². The molecule has 1 heterocycles. The molecular formula is C25H21N3O2S2. The number of hydrogen-bond donors (Lipinski definition) is 2. The highest BCUT2D eigenvalue weighted by molar-refractivity contribution is 7.80. The summed E-state index contributed by atoms with van der Waals surface area (Å²) in [6.07, 6.45) is 3.16. The van der Waals surface area contributed by atoms with Crippen LogP contribution in [-0.2, 0) is 4.79 Å². The molecule has 4 rings (SSSR count). The van der Waals surface area contributed by atoms with Crippen molar-refractivity contribution in [3.8, 4) is 16.3 Å². The normalized spacial score (nSPS) is 10.9. The quantitative estimate of drug-likeness (QED) is 0.291. The van der Waals surface area contributed by atoms with Crippen LogP contribution in [0.25, 0.3) is 26.9 Å². The molecule has 0 bridgehead atoms. The van der Waals surface area contributed by atoms with Gasteiger partial charge in [0.1, 0.15) is 10.8 Å². The summed E-state index contributed by atoms with van der Waals surface area (Å²) < 4.78 is 6.28. The molecule has 1 aromatic heterocycles. The van der Waals surface area contributed by atoms with E-state index in [1.165, 1.54) is 6.08 Å². The zero-order chi connectivity index (χ0) is 22.5. The maximum Gasteiger partial charge on any atom is 0.250 e. The van der Waals surface area contributed by atoms with Crippen molar-refractivity contribution in [2.75, 3.05) is 12.4 Å². The van der Waals surface area contributed by atoms with Gasteiger partial charge in [-0.3, -0.25) is 10.1 Å². The van der Waals surface area contributed by atoms with E-state index >= 15 is 0 Å². The summed E-state index contributed by atoms with van der Waals surface area (Å²) in [7, 11) is 1.61. The van der Waals surface area contributed by atoms with E-state index in [0.717, 1.165) is 43.4 Å². The van der Waals surface area contributed by atoms with E-state index in [4.69, 9.17) is 21.9 Å². The van der Waals surface area contributed by atoms with Crippen LogP contribution < -0.4 is 15.4 Å². The zero-order valence-electron chi connectivity index (χ0n) is 17.6. The molecule has 0 saturated heterocycles. The fourth-order valence-corrected chi connectivity index (χ4v) is 4.25. The number of thiocarbonyl (C=S) groups is 1. The average Bonchev–Trinajstić information content (AvgIpc) is 3.24. The van der Waals surface area contributed by atoms with Crippen LogP contribution in [0.5, 0.6) is 5.75 Å². The zero-order valence-corrected chi connectivity index (χ0v) is 19.2. The first-order valence-electron chi connectivity index (χ1n) is 9.92. The number of ether oxygens (including phenoxy) is 1. The molecule has 2 N–H and O–H groups in total. The second-order valence-electron chi connectivity index (χ2n) is 7.07. The van der Waals surface area contributed by atoms with Gasteiger partial charge in [-0.1, -0.05) is 36.4 Å². The summed E-state index contributed by atoms with van der Waals surface area (Å²) in [6, 6.07) is 21.5. The van der Waals surface area contributed by atoms with Gasteiger partial charge in [0.25, 0.3) is 0 Å². The highest BCUT2D eigenvalue weighted by atomic mass is 32.1. The molecule has 32 heavy (non-hydrogen) atoms. The van der Waals surface area contributed by atoms with Gasteiger partial charge in [-0.05, 0) is 66.7 Å². The molecule has 5 nitrogen and oxygen atoms in total. The van der Waals surface area contributed by atoms with Crippen LogP contribution in [0.4, 0.5) is 5.69 Å². The van der Waals surface area contributed by atoms with Gasteiger partial charge in [-0.15, -0.1) is 11.3 Å². The molecule has 0 saturated carbocycles. The lowest BCUT2D eigenvalue weighted by molar-refractivity contribution is -0.115. The molecule has 0 aliphatic heterocycles. The van der Waals surface area contributed by atoms with Crippen molar-refractivity contribution in [1.29, 1.82) is 0 Å². The van der Waals surface area contributed by atoms with Gasteiger partial charge in [-0.2, -0.15) is 0 Å². The van der Waals surface area contributed by atoms with Crippen LogP contribution in [0.1, 0.15) is 11.1 Å². The monoisotopic (exact) mass is 459 g/mol. The number of para-hydroxylation sites is 1. The van der Waals surface area contributed by atoms with Crippen LogP contribution in [0.3, 0.4) is 0 Å². The number of thiazole rings is 1. The van der Waals surface area contributed by atoms with Gasteiger partial charge in [-0.25, -0.2) is 4.98 Å². The Morgan fingerprint density at radius 2 is 1.88 bits per heavy atom. The van der Waals surface area contributed by atoms with E-state index in [-0.39, 0.29) is 11.0 Å². The molecular weight excluding hydrogens is 438 g/mol. The van der Waals surface area contributed by atoms with E-state index in [2.05, 4.69) is 16.7 Å². The molecule has 1 amide bonds. The number of aromatic nitrogens is 1. The number of anilines is 1. The number of benzene rings is 3. The predicted molar refractivity (Wildman–Crippen MR) is 136 cm³/mol. The van der Waals surface area contributed by atoms with E-state index in [1.807, 2.05) is 67.6 Å². The molecule has 0 unspecified atom stereocenters. The Kier molecular flexibility index (Phi) is 6.58. The molecule has 160 valence electrons. The Balaban J connectivity index is 1.42. The Morgan fingerprint density at radius 1 is 1.09 bits per heavy atom. The second-order valence-corrected chi connectivity index (χ2v) is 8.51. The average molecular weight is 460 g/mol. The smallest absolute Gasteiger partial charge is 0.250 e. The van der Waals surface area contributed by atoms with Crippen LogP contribution in [0, 0.1) is 6.92 Å². The highest BCUT2D eigenvalue weighted by Crippen LogP contribution is 2.32. The fraction of sp³-hybridized carbons (Fsp3) is 0.0800. The Morgan fingerprint density at radius 3 is 2.62 bits per heavy atom. The number of fused-ring (bicyclic) bond motifs is 1. The topological polar surface area (TPSA) is 63.2 Å². The van der Waals surface area contributed by atoms with E-state index in [1.54, 1.807) is 24.5 Å². The van der Waals surface area contributed by atoms with Gasteiger partial charge in [0.15, 0.2) is 5.11 Å². The fourth-order valence-electron chi connectivity index (χ4n) is 3.08. The molecule has 7 heteroatoms. The lowest BCUT2D eigenvalue weighted by Gasteiger charge is -2.12.